The molecular weight excluding hydrogens is 172 g/mol. The zero-order valence-corrected chi connectivity index (χ0v) is 7.04. The van der Waals surface area contributed by atoms with Gasteiger partial charge in [-0.2, -0.15) is 16.3 Å². The third-order valence-corrected chi connectivity index (χ3v) is 2.08. The van der Waals surface area contributed by atoms with Gasteiger partial charge in [0, 0.05) is 10.9 Å². The predicted molar refractivity (Wildman–Crippen MR) is 47.7 cm³/mol. The highest BCUT2D eigenvalue weighted by Crippen LogP contribution is 2.18. The fraction of sp³-hybridized carbons (Fsp3) is 0. The second-order valence-corrected chi connectivity index (χ2v) is 2.95. The van der Waals surface area contributed by atoms with E-state index < -0.39 is 0 Å². The lowest BCUT2D eigenvalue weighted by Crippen LogP contribution is -1.75. The molecule has 60 valence electrons. The Morgan fingerprint density at radius 2 is 2.50 bits per heavy atom. The quantitative estimate of drug-likeness (QED) is 0.709. The Balaban J connectivity index is 2.41. The molecule has 2 aromatic heterocycles. The molecule has 0 radical (unpaired) electrons. The molecule has 12 heavy (non-hydrogen) atoms. The van der Waals surface area contributed by atoms with Gasteiger partial charge in [0.05, 0.1) is 0 Å². The molecular formula is C8H6N2OS. The van der Waals surface area contributed by atoms with E-state index in [1.807, 2.05) is 16.8 Å². The average Bonchev–Trinajstić information content (AvgIpc) is 2.75. The van der Waals surface area contributed by atoms with E-state index >= 15 is 0 Å². The Bertz CT molecular complexity index is 377. The second-order valence-electron chi connectivity index (χ2n) is 2.17. The third kappa shape index (κ3) is 1.16. The van der Waals surface area contributed by atoms with E-state index in [1.54, 1.807) is 11.3 Å². The number of aromatic nitrogens is 2. The maximum Gasteiger partial charge on any atom is 0.250 e. The number of rotatable bonds is 2. The Morgan fingerprint density at radius 3 is 3.08 bits per heavy atom. The molecule has 0 amide bonds. The summed E-state index contributed by atoms with van der Waals surface area (Å²) in [5, 5.41) is 7.72. The molecule has 0 aliphatic heterocycles. The van der Waals surface area contributed by atoms with Crippen molar-refractivity contribution >= 4 is 17.4 Å². The van der Waals surface area contributed by atoms with Crippen molar-refractivity contribution in [2.45, 2.75) is 0 Å². The van der Waals surface area contributed by atoms with E-state index in [0.717, 1.165) is 5.56 Å². The molecule has 4 heteroatoms. The van der Waals surface area contributed by atoms with Gasteiger partial charge in [-0.3, -0.25) is 0 Å². The Kier molecular flexibility index (Phi) is 1.75. The number of hydrogen-bond acceptors (Lipinski definition) is 4. The summed E-state index contributed by atoms with van der Waals surface area (Å²) in [4.78, 5) is 4.08. The van der Waals surface area contributed by atoms with Gasteiger partial charge in [0.25, 0.3) is 0 Å². The minimum atomic E-state index is 0.455. The summed E-state index contributed by atoms with van der Waals surface area (Å²) in [5.74, 6) is 1.07. The van der Waals surface area contributed by atoms with Crippen LogP contribution in [0.5, 0.6) is 0 Å². The highest BCUT2D eigenvalue weighted by Gasteiger charge is 2.05. The zero-order valence-electron chi connectivity index (χ0n) is 6.23. The lowest BCUT2D eigenvalue weighted by molar-refractivity contribution is 0.411. The van der Waals surface area contributed by atoms with Crippen LogP contribution < -0.4 is 0 Å². The standard InChI is InChI=1S/C8H6N2OS/c1-2-7-9-8(10-11-7)6-3-4-12-5-6/h2-5H,1H2. The summed E-state index contributed by atoms with van der Waals surface area (Å²) in [6.07, 6.45) is 1.53. The molecule has 2 rings (SSSR count). The molecule has 0 aliphatic rings. The lowest BCUT2D eigenvalue weighted by atomic mass is 10.3. The van der Waals surface area contributed by atoms with Crippen molar-refractivity contribution in [3.05, 3.63) is 29.3 Å². The molecule has 0 saturated heterocycles. The van der Waals surface area contributed by atoms with Gasteiger partial charge >= 0.3 is 0 Å². The van der Waals surface area contributed by atoms with Crippen LogP contribution in [0.1, 0.15) is 5.89 Å². The Labute approximate surface area is 73.4 Å². The van der Waals surface area contributed by atoms with Crippen molar-refractivity contribution in [3.63, 3.8) is 0 Å². The van der Waals surface area contributed by atoms with Gasteiger partial charge in [0.15, 0.2) is 0 Å². The number of hydrogen-bond donors (Lipinski definition) is 0. The van der Waals surface area contributed by atoms with Crippen LogP contribution in [0.4, 0.5) is 0 Å². The van der Waals surface area contributed by atoms with Crippen LogP contribution in [0.15, 0.2) is 27.9 Å². The van der Waals surface area contributed by atoms with E-state index in [0.29, 0.717) is 11.7 Å². The maximum absolute atomic E-state index is 4.86. The van der Waals surface area contributed by atoms with Crippen LogP contribution in [-0.4, -0.2) is 10.1 Å². The first-order valence-electron chi connectivity index (χ1n) is 3.39. The first kappa shape index (κ1) is 7.24. The minimum Gasteiger partial charge on any atom is -0.334 e. The molecule has 0 fully saturated rings. The van der Waals surface area contributed by atoms with Crippen molar-refractivity contribution in [2.24, 2.45) is 0 Å². The Hall–Kier alpha value is -1.42. The lowest BCUT2D eigenvalue weighted by Gasteiger charge is -1.80. The van der Waals surface area contributed by atoms with Crippen molar-refractivity contribution < 1.29 is 4.52 Å². The van der Waals surface area contributed by atoms with Gasteiger partial charge in [0.2, 0.25) is 11.7 Å². The average molecular weight is 178 g/mol. The normalized spacial score (nSPS) is 10.0. The molecule has 0 bridgehead atoms. The van der Waals surface area contributed by atoms with Crippen LogP contribution in [0.25, 0.3) is 17.5 Å². The summed E-state index contributed by atoms with van der Waals surface area (Å²) in [7, 11) is 0. The van der Waals surface area contributed by atoms with Crippen LogP contribution in [-0.2, 0) is 0 Å². The van der Waals surface area contributed by atoms with Crippen LogP contribution >= 0.6 is 11.3 Å². The summed E-state index contributed by atoms with van der Waals surface area (Å²) in [5.41, 5.74) is 0.983. The summed E-state index contributed by atoms with van der Waals surface area (Å²) in [6.45, 7) is 3.53. The van der Waals surface area contributed by atoms with Crippen LogP contribution in [0, 0.1) is 0 Å². The largest absolute Gasteiger partial charge is 0.334 e. The van der Waals surface area contributed by atoms with E-state index in [1.165, 1.54) is 6.08 Å². The van der Waals surface area contributed by atoms with Gasteiger partial charge in [-0.25, -0.2) is 0 Å². The van der Waals surface area contributed by atoms with Gasteiger partial charge in [-0.05, 0) is 17.5 Å². The highest BCUT2D eigenvalue weighted by atomic mass is 32.1. The van der Waals surface area contributed by atoms with Crippen LogP contribution in [0.3, 0.4) is 0 Å². The first-order chi connectivity index (χ1) is 5.90. The van der Waals surface area contributed by atoms with Crippen molar-refractivity contribution in [3.8, 4) is 11.4 Å². The summed E-state index contributed by atoms with van der Waals surface area (Å²) >= 11 is 1.60. The fourth-order valence-corrected chi connectivity index (χ4v) is 1.46. The van der Waals surface area contributed by atoms with E-state index in [4.69, 9.17) is 4.52 Å². The molecule has 2 aromatic rings. The molecule has 0 N–H and O–H groups in total. The summed E-state index contributed by atoms with van der Waals surface area (Å²) in [6, 6.07) is 1.95. The molecule has 2 heterocycles. The second kappa shape index (κ2) is 2.91. The van der Waals surface area contributed by atoms with Crippen molar-refractivity contribution in [1.29, 1.82) is 0 Å². The number of thiophene rings is 1. The molecule has 3 nitrogen and oxygen atoms in total. The third-order valence-electron chi connectivity index (χ3n) is 1.40. The smallest absolute Gasteiger partial charge is 0.250 e. The maximum atomic E-state index is 4.86. The van der Waals surface area contributed by atoms with Gasteiger partial charge in [-0.1, -0.05) is 11.7 Å². The SMILES string of the molecule is C=Cc1nc(-c2ccsc2)no1. The van der Waals surface area contributed by atoms with Crippen molar-refractivity contribution in [2.75, 3.05) is 0 Å². The van der Waals surface area contributed by atoms with Crippen LogP contribution in [0.2, 0.25) is 0 Å². The molecule has 0 aliphatic carbocycles. The van der Waals surface area contributed by atoms with Crippen molar-refractivity contribution in [1.82, 2.24) is 10.1 Å². The predicted octanol–water partition coefficient (Wildman–Crippen LogP) is 2.44. The first-order valence-corrected chi connectivity index (χ1v) is 4.33. The van der Waals surface area contributed by atoms with E-state index in [-0.39, 0.29) is 0 Å². The van der Waals surface area contributed by atoms with Gasteiger partial charge < -0.3 is 4.52 Å². The minimum absolute atomic E-state index is 0.455. The Morgan fingerprint density at radius 1 is 1.58 bits per heavy atom. The molecule has 0 saturated carbocycles. The molecule has 0 spiro atoms. The van der Waals surface area contributed by atoms with Gasteiger partial charge in [0.1, 0.15) is 0 Å². The van der Waals surface area contributed by atoms with E-state index in [2.05, 4.69) is 16.7 Å². The summed E-state index contributed by atoms with van der Waals surface area (Å²) < 4.78 is 4.86. The van der Waals surface area contributed by atoms with Gasteiger partial charge in [-0.15, -0.1) is 0 Å². The zero-order chi connectivity index (χ0) is 8.39. The highest BCUT2D eigenvalue weighted by molar-refractivity contribution is 7.08. The van der Waals surface area contributed by atoms with E-state index in [9.17, 15) is 0 Å². The topological polar surface area (TPSA) is 38.9 Å². The number of nitrogens with zero attached hydrogens (tertiary/aromatic N) is 2. The molecule has 0 unspecified atom stereocenters. The molecule has 0 atom stereocenters. The fourth-order valence-electron chi connectivity index (χ4n) is 0.827. The monoisotopic (exact) mass is 178 g/mol. The molecule has 0 aromatic carbocycles.